The van der Waals surface area contributed by atoms with Gasteiger partial charge in [-0.05, 0) is 87.9 Å². The second kappa shape index (κ2) is 6.03. The normalized spacial score (nSPS) is 33.9. The molecule has 0 radical (unpaired) electrons. The SMILES string of the molecule is Cc1ccc(Cl)cc1NC(=O)CN(C)C12CC3CC(CC(C3)C1)C2. The number of nitrogens with one attached hydrogen (secondary N) is 1. The summed E-state index contributed by atoms with van der Waals surface area (Å²) in [7, 11) is 2.15. The van der Waals surface area contributed by atoms with Gasteiger partial charge in [-0.1, -0.05) is 17.7 Å². The smallest absolute Gasteiger partial charge is 0.238 e. The first-order valence-corrected chi connectivity index (χ1v) is 9.58. The number of carbonyl (C=O) groups excluding carboxylic acids is 1. The van der Waals surface area contributed by atoms with E-state index in [0.29, 0.717) is 11.6 Å². The number of likely N-dealkylation sites (N-methyl/N-ethyl adjacent to an activating group) is 1. The van der Waals surface area contributed by atoms with Crippen molar-refractivity contribution in [2.75, 3.05) is 18.9 Å². The molecule has 3 nitrogen and oxygen atoms in total. The van der Waals surface area contributed by atoms with E-state index in [2.05, 4.69) is 17.3 Å². The quantitative estimate of drug-likeness (QED) is 0.871. The number of amides is 1. The second-order valence-electron chi connectivity index (χ2n) is 8.51. The van der Waals surface area contributed by atoms with Crippen molar-refractivity contribution < 1.29 is 4.79 Å². The molecule has 24 heavy (non-hydrogen) atoms. The van der Waals surface area contributed by atoms with E-state index < -0.39 is 0 Å². The Labute approximate surface area is 149 Å². The van der Waals surface area contributed by atoms with Gasteiger partial charge >= 0.3 is 0 Å². The highest BCUT2D eigenvalue weighted by Gasteiger charge is 2.52. The van der Waals surface area contributed by atoms with Crippen LogP contribution in [0.2, 0.25) is 5.02 Å². The van der Waals surface area contributed by atoms with Gasteiger partial charge in [0.1, 0.15) is 0 Å². The van der Waals surface area contributed by atoms with Crippen LogP contribution in [0.15, 0.2) is 18.2 Å². The second-order valence-corrected chi connectivity index (χ2v) is 8.94. The fourth-order valence-corrected chi connectivity index (χ4v) is 6.01. The zero-order chi connectivity index (χ0) is 16.9. The van der Waals surface area contributed by atoms with Crippen LogP contribution < -0.4 is 5.32 Å². The van der Waals surface area contributed by atoms with Crippen LogP contribution in [0.1, 0.15) is 44.1 Å². The maximum atomic E-state index is 12.6. The van der Waals surface area contributed by atoms with E-state index >= 15 is 0 Å². The Hall–Kier alpha value is -1.06. The molecule has 4 aliphatic carbocycles. The summed E-state index contributed by atoms with van der Waals surface area (Å²) < 4.78 is 0. The first kappa shape index (κ1) is 16.4. The van der Waals surface area contributed by atoms with Crippen LogP contribution in [0.25, 0.3) is 0 Å². The number of nitrogens with zero attached hydrogens (tertiary/aromatic N) is 1. The lowest BCUT2D eigenvalue weighted by molar-refractivity contribution is -0.123. The summed E-state index contributed by atoms with van der Waals surface area (Å²) in [6, 6.07) is 5.63. The van der Waals surface area contributed by atoms with E-state index in [0.717, 1.165) is 29.0 Å². The molecule has 4 heteroatoms. The summed E-state index contributed by atoms with van der Waals surface area (Å²) >= 11 is 6.06. The van der Waals surface area contributed by atoms with Gasteiger partial charge in [0.05, 0.1) is 6.54 Å². The molecule has 0 aliphatic heterocycles. The van der Waals surface area contributed by atoms with Crippen LogP contribution in [0.4, 0.5) is 5.69 Å². The Bertz CT molecular complexity index is 622. The molecule has 4 bridgehead atoms. The first-order chi connectivity index (χ1) is 11.4. The molecule has 1 aromatic rings. The summed E-state index contributed by atoms with van der Waals surface area (Å²) in [5, 5.41) is 3.71. The monoisotopic (exact) mass is 346 g/mol. The van der Waals surface area contributed by atoms with E-state index in [1.54, 1.807) is 0 Å². The van der Waals surface area contributed by atoms with Crippen molar-refractivity contribution in [1.82, 2.24) is 4.90 Å². The molecule has 1 amide bonds. The predicted molar refractivity (Wildman–Crippen MR) is 98.4 cm³/mol. The highest BCUT2D eigenvalue weighted by Crippen LogP contribution is 2.57. The van der Waals surface area contributed by atoms with Gasteiger partial charge in [0.2, 0.25) is 5.91 Å². The van der Waals surface area contributed by atoms with E-state index in [1.165, 1.54) is 38.5 Å². The van der Waals surface area contributed by atoms with E-state index in [1.807, 2.05) is 25.1 Å². The van der Waals surface area contributed by atoms with Crippen molar-refractivity contribution >= 4 is 23.2 Å². The fraction of sp³-hybridized carbons (Fsp3) is 0.650. The van der Waals surface area contributed by atoms with Gasteiger partial charge in [-0.3, -0.25) is 9.69 Å². The van der Waals surface area contributed by atoms with Gasteiger partial charge in [0.25, 0.3) is 0 Å². The number of rotatable bonds is 4. The van der Waals surface area contributed by atoms with Crippen molar-refractivity contribution in [3.05, 3.63) is 28.8 Å². The number of anilines is 1. The van der Waals surface area contributed by atoms with Crippen molar-refractivity contribution in [1.29, 1.82) is 0 Å². The molecule has 4 saturated carbocycles. The molecule has 4 fully saturated rings. The standard InChI is InChI=1S/C20H27ClN2O/c1-13-3-4-17(21)8-18(13)22-19(24)12-23(2)20-9-14-5-15(10-20)7-16(6-14)11-20/h3-4,8,14-16H,5-7,9-12H2,1-2H3,(H,22,24). The largest absolute Gasteiger partial charge is 0.325 e. The lowest BCUT2D eigenvalue weighted by atomic mass is 9.52. The van der Waals surface area contributed by atoms with Crippen LogP contribution in [0.5, 0.6) is 0 Å². The van der Waals surface area contributed by atoms with E-state index in [4.69, 9.17) is 11.6 Å². The number of carbonyl (C=O) groups is 1. The Balaban J connectivity index is 1.43. The van der Waals surface area contributed by atoms with Crippen LogP contribution in [0, 0.1) is 24.7 Å². The zero-order valence-corrected chi connectivity index (χ0v) is 15.4. The average Bonchev–Trinajstić information content (AvgIpc) is 2.49. The minimum Gasteiger partial charge on any atom is -0.325 e. The van der Waals surface area contributed by atoms with E-state index in [-0.39, 0.29) is 11.4 Å². The Morgan fingerprint density at radius 3 is 2.38 bits per heavy atom. The molecule has 0 heterocycles. The first-order valence-electron chi connectivity index (χ1n) is 9.21. The fourth-order valence-electron chi connectivity index (χ4n) is 5.83. The topological polar surface area (TPSA) is 32.3 Å². The molecule has 0 atom stereocenters. The van der Waals surface area contributed by atoms with Crippen molar-refractivity contribution in [2.45, 2.75) is 51.0 Å². The molecule has 0 aromatic heterocycles. The predicted octanol–water partition coefficient (Wildman–Crippen LogP) is 4.49. The van der Waals surface area contributed by atoms with Crippen LogP contribution in [0.3, 0.4) is 0 Å². The average molecular weight is 347 g/mol. The van der Waals surface area contributed by atoms with Crippen molar-refractivity contribution in [2.24, 2.45) is 17.8 Å². The zero-order valence-electron chi connectivity index (χ0n) is 14.6. The van der Waals surface area contributed by atoms with Gasteiger partial charge in [0, 0.05) is 16.2 Å². The maximum Gasteiger partial charge on any atom is 0.238 e. The molecule has 4 aliphatic rings. The third-order valence-corrected chi connectivity index (χ3v) is 6.91. The number of halogens is 1. The minimum atomic E-state index is 0.0682. The molecule has 0 saturated heterocycles. The summed E-state index contributed by atoms with van der Waals surface area (Å²) in [5.74, 6) is 2.77. The molecule has 5 rings (SSSR count). The number of benzene rings is 1. The molecule has 1 aromatic carbocycles. The summed E-state index contributed by atoms with van der Waals surface area (Å²) in [4.78, 5) is 14.9. The van der Waals surface area contributed by atoms with Crippen LogP contribution >= 0.6 is 11.6 Å². The Morgan fingerprint density at radius 2 is 1.79 bits per heavy atom. The van der Waals surface area contributed by atoms with Gasteiger partial charge in [0.15, 0.2) is 0 Å². The van der Waals surface area contributed by atoms with Crippen molar-refractivity contribution in [3.63, 3.8) is 0 Å². The Kier molecular flexibility index (Phi) is 4.12. The molecular weight excluding hydrogens is 320 g/mol. The third-order valence-electron chi connectivity index (χ3n) is 6.67. The molecule has 0 spiro atoms. The highest BCUT2D eigenvalue weighted by molar-refractivity contribution is 6.31. The van der Waals surface area contributed by atoms with Gasteiger partial charge in [-0.15, -0.1) is 0 Å². The minimum absolute atomic E-state index is 0.0682. The van der Waals surface area contributed by atoms with Crippen LogP contribution in [-0.2, 0) is 4.79 Å². The number of hydrogen-bond donors (Lipinski definition) is 1. The van der Waals surface area contributed by atoms with Crippen LogP contribution in [-0.4, -0.2) is 29.9 Å². The van der Waals surface area contributed by atoms with Gasteiger partial charge in [-0.2, -0.15) is 0 Å². The van der Waals surface area contributed by atoms with E-state index in [9.17, 15) is 4.79 Å². The highest BCUT2D eigenvalue weighted by atomic mass is 35.5. The Morgan fingerprint density at radius 1 is 1.21 bits per heavy atom. The van der Waals surface area contributed by atoms with Gasteiger partial charge < -0.3 is 5.32 Å². The summed E-state index contributed by atoms with van der Waals surface area (Å²) in [5.41, 5.74) is 2.15. The third kappa shape index (κ3) is 2.97. The maximum absolute atomic E-state index is 12.6. The molecule has 1 N–H and O–H groups in total. The summed E-state index contributed by atoms with van der Waals surface area (Å²) in [6.45, 7) is 2.47. The lowest BCUT2D eigenvalue weighted by Gasteiger charge is -2.59. The summed E-state index contributed by atoms with van der Waals surface area (Å²) in [6.07, 6.45) is 8.17. The molecule has 0 unspecified atom stereocenters. The van der Waals surface area contributed by atoms with Crippen molar-refractivity contribution in [3.8, 4) is 0 Å². The molecule has 130 valence electrons. The lowest BCUT2D eigenvalue weighted by Crippen LogP contribution is -2.59. The number of hydrogen-bond acceptors (Lipinski definition) is 2. The van der Waals surface area contributed by atoms with Gasteiger partial charge in [-0.25, -0.2) is 0 Å². The number of aryl methyl sites for hydroxylation is 1. The molecular formula is C20H27ClN2O.